The summed E-state index contributed by atoms with van der Waals surface area (Å²) in [5.41, 5.74) is 6.30. The number of aromatic nitrogens is 2. The van der Waals surface area contributed by atoms with Gasteiger partial charge in [-0.1, -0.05) is 35.9 Å². The standard InChI is InChI=1S/C17H18N4O/c1-3-21(13-10-8-12(2)9-11-13)20-17(22)16-14-6-4-5-7-15(14)18-19-16/h4-11H,3H2,1-2H3,(H,18,19)(H,20,22). The smallest absolute Gasteiger partial charge is 0.286 e. The average molecular weight is 294 g/mol. The number of carbonyl (C=O) groups excluding carboxylic acids is 1. The Morgan fingerprint density at radius 1 is 1.18 bits per heavy atom. The highest BCUT2D eigenvalue weighted by Gasteiger charge is 2.16. The second-order valence-electron chi connectivity index (χ2n) is 5.14. The van der Waals surface area contributed by atoms with Crippen LogP contribution in [0.25, 0.3) is 10.9 Å². The summed E-state index contributed by atoms with van der Waals surface area (Å²) in [5.74, 6) is -0.222. The van der Waals surface area contributed by atoms with E-state index >= 15 is 0 Å². The number of rotatable bonds is 4. The van der Waals surface area contributed by atoms with Crippen LogP contribution in [0.3, 0.4) is 0 Å². The molecule has 0 aliphatic heterocycles. The van der Waals surface area contributed by atoms with E-state index in [0.717, 1.165) is 16.6 Å². The summed E-state index contributed by atoms with van der Waals surface area (Å²) in [4.78, 5) is 12.5. The number of para-hydroxylation sites is 1. The first kappa shape index (κ1) is 14.1. The lowest BCUT2D eigenvalue weighted by Gasteiger charge is -2.23. The van der Waals surface area contributed by atoms with Crippen molar-refractivity contribution in [2.45, 2.75) is 13.8 Å². The summed E-state index contributed by atoms with van der Waals surface area (Å²) in [6.45, 7) is 4.69. The molecule has 0 unspecified atom stereocenters. The van der Waals surface area contributed by atoms with Gasteiger partial charge in [0, 0.05) is 11.9 Å². The molecule has 112 valence electrons. The number of aryl methyl sites for hydroxylation is 1. The molecule has 3 rings (SSSR count). The first-order valence-electron chi connectivity index (χ1n) is 7.27. The minimum absolute atomic E-state index is 0.222. The third-order valence-corrected chi connectivity index (χ3v) is 3.58. The Bertz CT molecular complexity index is 792. The fourth-order valence-electron chi connectivity index (χ4n) is 2.36. The van der Waals surface area contributed by atoms with Crippen LogP contribution >= 0.6 is 0 Å². The van der Waals surface area contributed by atoms with E-state index in [1.165, 1.54) is 5.56 Å². The topological polar surface area (TPSA) is 61.0 Å². The number of hydrogen-bond donors (Lipinski definition) is 2. The predicted octanol–water partition coefficient (Wildman–Crippen LogP) is 3.04. The van der Waals surface area contributed by atoms with E-state index in [-0.39, 0.29) is 5.91 Å². The molecule has 0 radical (unpaired) electrons. The molecule has 5 nitrogen and oxygen atoms in total. The number of aromatic amines is 1. The molecule has 22 heavy (non-hydrogen) atoms. The van der Waals surface area contributed by atoms with E-state index in [2.05, 4.69) is 15.6 Å². The number of nitrogens with zero attached hydrogens (tertiary/aromatic N) is 2. The Kier molecular flexibility index (Phi) is 3.78. The summed E-state index contributed by atoms with van der Waals surface area (Å²) in [5, 5.41) is 9.64. The van der Waals surface area contributed by atoms with Crippen LogP contribution in [0.15, 0.2) is 48.5 Å². The van der Waals surface area contributed by atoms with Crippen molar-refractivity contribution in [1.82, 2.24) is 15.6 Å². The van der Waals surface area contributed by atoms with Crippen LogP contribution in [0.5, 0.6) is 0 Å². The van der Waals surface area contributed by atoms with Gasteiger partial charge in [0.25, 0.3) is 5.91 Å². The van der Waals surface area contributed by atoms with Crippen molar-refractivity contribution < 1.29 is 4.79 Å². The quantitative estimate of drug-likeness (QED) is 0.727. The van der Waals surface area contributed by atoms with E-state index in [9.17, 15) is 4.79 Å². The third kappa shape index (κ3) is 2.65. The SMILES string of the molecule is CCN(NC(=O)c1n[nH]c2ccccc12)c1ccc(C)cc1. The lowest BCUT2D eigenvalue weighted by Crippen LogP contribution is -2.42. The normalized spacial score (nSPS) is 10.6. The maximum Gasteiger partial charge on any atom is 0.290 e. The Morgan fingerprint density at radius 3 is 2.64 bits per heavy atom. The summed E-state index contributed by atoms with van der Waals surface area (Å²) < 4.78 is 0. The molecule has 0 aliphatic rings. The number of benzene rings is 2. The summed E-state index contributed by atoms with van der Waals surface area (Å²) in [6.07, 6.45) is 0. The zero-order valence-electron chi connectivity index (χ0n) is 12.6. The fraction of sp³-hybridized carbons (Fsp3) is 0.176. The molecule has 0 fully saturated rings. The zero-order chi connectivity index (χ0) is 15.5. The van der Waals surface area contributed by atoms with Gasteiger partial charge >= 0.3 is 0 Å². The van der Waals surface area contributed by atoms with Gasteiger partial charge in [0.15, 0.2) is 5.69 Å². The first-order valence-corrected chi connectivity index (χ1v) is 7.27. The highest BCUT2D eigenvalue weighted by Crippen LogP contribution is 2.17. The van der Waals surface area contributed by atoms with Crippen molar-refractivity contribution in [3.63, 3.8) is 0 Å². The van der Waals surface area contributed by atoms with E-state index in [4.69, 9.17) is 0 Å². The molecular formula is C17H18N4O. The van der Waals surface area contributed by atoms with E-state index in [1.807, 2.05) is 67.4 Å². The third-order valence-electron chi connectivity index (χ3n) is 3.58. The summed E-state index contributed by atoms with van der Waals surface area (Å²) in [7, 11) is 0. The Hall–Kier alpha value is -2.82. The van der Waals surface area contributed by atoms with Gasteiger partial charge < -0.3 is 0 Å². The van der Waals surface area contributed by atoms with E-state index in [1.54, 1.807) is 0 Å². The Morgan fingerprint density at radius 2 is 1.91 bits per heavy atom. The van der Waals surface area contributed by atoms with Crippen LogP contribution < -0.4 is 10.4 Å². The van der Waals surface area contributed by atoms with Gasteiger partial charge in [0.05, 0.1) is 11.2 Å². The molecule has 0 saturated carbocycles. The highest BCUT2D eigenvalue weighted by molar-refractivity contribution is 6.05. The van der Waals surface area contributed by atoms with Crippen LogP contribution in [-0.2, 0) is 0 Å². The number of fused-ring (bicyclic) bond motifs is 1. The van der Waals surface area contributed by atoms with Gasteiger partial charge in [-0.2, -0.15) is 5.10 Å². The summed E-state index contributed by atoms with van der Waals surface area (Å²) >= 11 is 0. The van der Waals surface area contributed by atoms with Crippen LogP contribution in [0, 0.1) is 6.92 Å². The highest BCUT2D eigenvalue weighted by atomic mass is 16.2. The molecule has 1 amide bonds. The average Bonchev–Trinajstić information content (AvgIpc) is 2.97. The number of hydrogen-bond acceptors (Lipinski definition) is 3. The number of anilines is 1. The lowest BCUT2D eigenvalue weighted by molar-refractivity contribution is 0.0946. The molecule has 1 aromatic heterocycles. The van der Waals surface area contributed by atoms with Crippen molar-refractivity contribution in [1.29, 1.82) is 0 Å². The molecule has 2 aromatic carbocycles. The Labute approximate surface area is 128 Å². The molecule has 5 heteroatoms. The monoisotopic (exact) mass is 294 g/mol. The van der Waals surface area contributed by atoms with Crippen molar-refractivity contribution in [3.8, 4) is 0 Å². The van der Waals surface area contributed by atoms with Gasteiger partial charge in [-0.05, 0) is 32.0 Å². The largest absolute Gasteiger partial charge is 0.290 e. The first-order chi connectivity index (χ1) is 10.7. The van der Waals surface area contributed by atoms with Crippen molar-refractivity contribution in [2.75, 3.05) is 11.6 Å². The lowest BCUT2D eigenvalue weighted by atomic mass is 10.2. The maximum atomic E-state index is 12.5. The molecular weight excluding hydrogens is 276 g/mol. The van der Waals surface area contributed by atoms with Crippen LogP contribution in [0.2, 0.25) is 0 Å². The number of nitrogens with one attached hydrogen (secondary N) is 2. The van der Waals surface area contributed by atoms with Gasteiger partial charge in [-0.3, -0.25) is 20.3 Å². The molecule has 0 aliphatic carbocycles. The molecule has 0 atom stereocenters. The second kappa shape index (κ2) is 5.89. The van der Waals surface area contributed by atoms with Crippen molar-refractivity contribution in [3.05, 3.63) is 59.8 Å². The van der Waals surface area contributed by atoms with Crippen molar-refractivity contribution in [2.24, 2.45) is 0 Å². The molecule has 0 spiro atoms. The second-order valence-corrected chi connectivity index (χ2v) is 5.14. The van der Waals surface area contributed by atoms with E-state index in [0.29, 0.717) is 12.2 Å². The molecule has 0 saturated heterocycles. The van der Waals surface area contributed by atoms with Crippen LogP contribution in [0.4, 0.5) is 5.69 Å². The summed E-state index contributed by atoms with van der Waals surface area (Å²) in [6, 6.07) is 15.6. The fourth-order valence-corrected chi connectivity index (χ4v) is 2.36. The molecule has 0 bridgehead atoms. The molecule has 2 N–H and O–H groups in total. The minimum atomic E-state index is -0.222. The number of hydrazine groups is 1. The van der Waals surface area contributed by atoms with Gasteiger partial charge in [0.2, 0.25) is 0 Å². The van der Waals surface area contributed by atoms with Crippen LogP contribution in [0.1, 0.15) is 23.0 Å². The van der Waals surface area contributed by atoms with Crippen LogP contribution in [-0.4, -0.2) is 22.6 Å². The van der Waals surface area contributed by atoms with Gasteiger partial charge in [-0.25, -0.2) is 0 Å². The predicted molar refractivity (Wildman–Crippen MR) is 87.8 cm³/mol. The maximum absolute atomic E-state index is 12.5. The Balaban J connectivity index is 1.84. The van der Waals surface area contributed by atoms with E-state index < -0.39 is 0 Å². The molecule has 1 heterocycles. The number of carbonyl (C=O) groups is 1. The van der Waals surface area contributed by atoms with Crippen molar-refractivity contribution >= 4 is 22.5 Å². The van der Waals surface area contributed by atoms with Gasteiger partial charge in [-0.15, -0.1) is 0 Å². The minimum Gasteiger partial charge on any atom is -0.286 e. The molecule has 3 aromatic rings. The number of amides is 1. The zero-order valence-corrected chi connectivity index (χ0v) is 12.6. The van der Waals surface area contributed by atoms with Gasteiger partial charge in [0.1, 0.15) is 0 Å². The number of H-pyrrole nitrogens is 1.